The summed E-state index contributed by atoms with van der Waals surface area (Å²) in [7, 11) is 0. The Morgan fingerprint density at radius 2 is 1.94 bits per heavy atom. The molecule has 0 bridgehead atoms. The second kappa shape index (κ2) is 8.91. The number of pyridine rings is 1. The number of halogens is 4. The molecule has 3 aromatic rings. The zero-order valence-corrected chi connectivity index (χ0v) is 18.4. The Morgan fingerprint density at radius 1 is 1.25 bits per heavy atom. The third-order valence-corrected chi connectivity index (χ3v) is 4.96. The van der Waals surface area contributed by atoms with E-state index in [1.807, 2.05) is 36.0 Å². The van der Waals surface area contributed by atoms with E-state index in [1.54, 1.807) is 6.20 Å². The summed E-state index contributed by atoms with van der Waals surface area (Å²) >= 11 is 6.40. The molecule has 1 saturated heterocycles. The number of carbonyl (C=O) groups is 1. The topological polar surface area (TPSA) is 95.7 Å². The van der Waals surface area contributed by atoms with Crippen molar-refractivity contribution in [2.45, 2.75) is 32.5 Å². The number of hydrogen-bond donors (Lipinski definition) is 2. The maximum absolute atomic E-state index is 10.6. The van der Waals surface area contributed by atoms with E-state index >= 15 is 0 Å². The molecule has 2 N–H and O–H groups in total. The van der Waals surface area contributed by atoms with E-state index in [4.69, 9.17) is 26.5 Å². The van der Waals surface area contributed by atoms with E-state index in [2.05, 4.69) is 34.0 Å². The minimum atomic E-state index is -5.08. The fourth-order valence-electron chi connectivity index (χ4n) is 3.30. The molecule has 0 saturated carbocycles. The minimum Gasteiger partial charge on any atom is -0.475 e. The number of carboxylic acids is 1. The van der Waals surface area contributed by atoms with Crippen molar-refractivity contribution in [3.8, 4) is 11.3 Å². The van der Waals surface area contributed by atoms with Gasteiger partial charge in [-0.25, -0.2) is 14.8 Å². The predicted molar refractivity (Wildman–Crippen MR) is 114 cm³/mol. The van der Waals surface area contributed by atoms with Crippen LogP contribution in [0, 0.1) is 6.92 Å². The van der Waals surface area contributed by atoms with Crippen molar-refractivity contribution in [1.29, 1.82) is 0 Å². The fourth-order valence-corrected chi connectivity index (χ4v) is 3.56. The van der Waals surface area contributed by atoms with E-state index in [9.17, 15) is 13.2 Å². The molecule has 172 valence electrons. The number of nitrogens with one attached hydrogen (secondary N) is 1. The lowest BCUT2D eigenvalue weighted by molar-refractivity contribution is -0.192. The maximum atomic E-state index is 10.6. The molecule has 1 aliphatic rings. The van der Waals surface area contributed by atoms with Crippen molar-refractivity contribution >= 4 is 29.0 Å². The summed E-state index contributed by atoms with van der Waals surface area (Å²) < 4.78 is 33.7. The van der Waals surface area contributed by atoms with Crippen LogP contribution in [0.3, 0.4) is 0 Å². The summed E-state index contributed by atoms with van der Waals surface area (Å²) in [6.45, 7) is 9.10. The van der Waals surface area contributed by atoms with Crippen molar-refractivity contribution < 1.29 is 23.1 Å². The van der Waals surface area contributed by atoms with Gasteiger partial charge in [-0.3, -0.25) is 4.98 Å². The molecule has 0 aliphatic carbocycles. The van der Waals surface area contributed by atoms with Gasteiger partial charge in [-0.05, 0) is 26.8 Å². The molecule has 4 heterocycles. The van der Waals surface area contributed by atoms with Crippen LogP contribution in [0.5, 0.6) is 0 Å². The fraction of sp³-hybridized carbons (Fsp3) is 0.400. The number of anilines is 1. The van der Waals surface area contributed by atoms with Gasteiger partial charge in [0.05, 0.1) is 28.8 Å². The van der Waals surface area contributed by atoms with Crippen LogP contribution in [0.1, 0.15) is 19.5 Å². The zero-order chi connectivity index (χ0) is 23.7. The summed E-state index contributed by atoms with van der Waals surface area (Å²) in [5, 5.41) is 11.3. The first-order valence-corrected chi connectivity index (χ1v) is 10.0. The van der Waals surface area contributed by atoms with Crippen molar-refractivity contribution in [2.75, 3.05) is 24.5 Å². The molecule has 0 unspecified atom stereocenters. The van der Waals surface area contributed by atoms with Gasteiger partial charge in [0.1, 0.15) is 5.82 Å². The highest BCUT2D eigenvalue weighted by molar-refractivity contribution is 6.33. The highest BCUT2D eigenvalue weighted by atomic mass is 35.5. The molecule has 4 rings (SSSR count). The molecule has 0 aromatic carbocycles. The van der Waals surface area contributed by atoms with Gasteiger partial charge in [0, 0.05) is 43.1 Å². The summed E-state index contributed by atoms with van der Waals surface area (Å²) in [5.41, 5.74) is 3.49. The Morgan fingerprint density at radius 3 is 2.56 bits per heavy atom. The average Bonchev–Trinajstić information content (AvgIpc) is 3.08. The highest BCUT2D eigenvalue weighted by Gasteiger charge is 2.38. The summed E-state index contributed by atoms with van der Waals surface area (Å²) in [4.78, 5) is 24.8. The third-order valence-electron chi connectivity index (χ3n) is 4.68. The number of aryl methyl sites for hydroxylation is 1. The van der Waals surface area contributed by atoms with Crippen molar-refractivity contribution in [1.82, 2.24) is 24.7 Å². The second-order valence-corrected chi connectivity index (χ2v) is 8.39. The van der Waals surface area contributed by atoms with Crippen LogP contribution in [-0.4, -0.2) is 61.8 Å². The number of carboxylic acid groups (broad SMARTS) is 1. The Bertz CT molecular complexity index is 1130. The number of hydrogen-bond acceptors (Lipinski definition) is 6. The molecule has 8 nitrogen and oxygen atoms in total. The lowest BCUT2D eigenvalue weighted by Gasteiger charge is -2.39. The molecule has 1 aliphatic heterocycles. The molecule has 3 aromatic heterocycles. The summed E-state index contributed by atoms with van der Waals surface area (Å²) in [5.74, 6) is -1.86. The van der Waals surface area contributed by atoms with Gasteiger partial charge >= 0.3 is 12.1 Å². The first-order chi connectivity index (χ1) is 14.9. The smallest absolute Gasteiger partial charge is 0.475 e. The molecule has 0 radical (unpaired) electrons. The number of imidazole rings is 1. The van der Waals surface area contributed by atoms with E-state index in [0.717, 1.165) is 48.1 Å². The lowest BCUT2D eigenvalue weighted by atomic mass is 10.0. The van der Waals surface area contributed by atoms with Crippen molar-refractivity contribution in [3.63, 3.8) is 0 Å². The number of piperazine rings is 1. The van der Waals surface area contributed by atoms with Gasteiger partial charge in [-0.15, -0.1) is 0 Å². The molecular formula is C20H22ClF3N6O2. The van der Waals surface area contributed by atoms with Crippen LogP contribution < -0.4 is 10.2 Å². The van der Waals surface area contributed by atoms with Gasteiger partial charge in [0.2, 0.25) is 0 Å². The number of rotatable bonds is 2. The first kappa shape index (κ1) is 23.7. The Labute approximate surface area is 187 Å². The van der Waals surface area contributed by atoms with E-state index in [0.29, 0.717) is 5.02 Å². The number of alkyl halides is 3. The maximum Gasteiger partial charge on any atom is 0.490 e. The number of aromatic nitrogens is 4. The molecular weight excluding hydrogens is 449 g/mol. The van der Waals surface area contributed by atoms with Gasteiger partial charge in [0.25, 0.3) is 0 Å². The molecule has 0 amide bonds. The normalized spacial score (nSPS) is 15.9. The van der Waals surface area contributed by atoms with Crippen LogP contribution in [0.15, 0.2) is 30.9 Å². The lowest BCUT2D eigenvalue weighted by Crippen LogP contribution is -2.57. The van der Waals surface area contributed by atoms with Gasteiger partial charge < -0.3 is 19.7 Å². The highest BCUT2D eigenvalue weighted by Crippen LogP contribution is 2.26. The van der Waals surface area contributed by atoms with E-state index in [1.165, 1.54) is 0 Å². The van der Waals surface area contributed by atoms with Crippen LogP contribution in [0.4, 0.5) is 19.0 Å². The first-order valence-electron chi connectivity index (χ1n) is 9.63. The Balaban J connectivity index is 0.000000360. The quantitative estimate of drug-likeness (QED) is 0.591. The Kier molecular flexibility index (Phi) is 6.61. The molecule has 0 atom stereocenters. The van der Waals surface area contributed by atoms with Crippen LogP contribution in [-0.2, 0) is 4.79 Å². The molecule has 1 fully saturated rings. The number of nitrogens with zero attached hydrogens (tertiary/aromatic N) is 5. The van der Waals surface area contributed by atoms with Crippen molar-refractivity contribution in [3.05, 3.63) is 41.6 Å². The van der Waals surface area contributed by atoms with Gasteiger partial charge in [-0.1, -0.05) is 11.6 Å². The van der Waals surface area contributed by atoms with Crippen LogP contribution >= 0.6 is 11.6 Å². The zero-order valence-electron chi connectivity index (χ0n) is 17.6. The predicted octanol–water partition coefficient (Wildman–Crippen LogP) is 3.57. The standard InChI is InChI=1S/C18H21ClN6.C2HF3O2/c1-12-9-25-10-13(6-14(19)17(25)22-12)15-7-20-8-16(23-15)24-5-4-21-18(2,3)11-24;3-2(4,5)1(6)7/h6-10,21H,4-5,11H2,1-3H3;(H,6,7). The average molecular weight is 471 g/mol. The largest absolute Gasteiger partial charge is 0.490 e. The Hall–Kier alpha value is -2.92. The SMILES string of the molecule is Cc1cn2cc(-c3cncc(N4CCNC(C)(C)C4)n3)cc(Cl)c2n1.O=C(O)C(F)(F)F. The summed E-state index contributed by atoms with van der Waals surface area (Å²) in [6, 6.07) is 1.90. The van der Waals surface area contributed by atoms with Crippen LogP contribution in [0.25, 0.3) is 16.9 Å². The minimum absolute atomic E-state index is 0.0620. The van der Waals surface area contributed by atoms with E-state index in [-0.39, 0.29) is 5.54 Å². The summed E-state index contributed by atoms with van der Waals surface area (Å²) in [6.07, 6.45) is 2.47. The van der Waals surface area contributed by atoms with Crippen LogP contribution in [0.2, 0.25) is 5.02 Å². The second-order valence-electron chi connectivity index (χ2n) is 7.99. The molecule has 32 heavy (non-hydrogen) atoms. The third kappa shape index (κ3) is 5.65. The monoisotopic (exact) mass is 470 g/mol. The molecule has 12 heteroatoms. The number of aliphatic carboxylic acids is 1. The van der Waals surface area contributed by atoms with E-state index < -0.39 is 12.1 Å². The van der Waals surface area contributed by atoms with Crippen molar-refractivity contribution in [2.24, 2.45) is 0 Å². The van der Waals surface area contributed by atoms with Gasteiger partial charge in [-0.2, -0.15) is 13.2 Å². The number of fused-ring (bicyclic) bond motifs is 1. The molecule has 0 spiro atoms. The van der Waals surface area contributed by atoms with Gasteiger partial charge in [0.15, 0.2) is 5.65 Å².